The van der Waals surface area contributed by atoms with Crippen LogP contribution in [0.15, 0.2) is 65.1 Å². The first kappa shape index (κ1) is 22.6. The Kier molecular flexibility index (Phi) is 6.18. The van der Waals surface area contributed by atoms with E-state index in [4.69, 9.17) is 23.6 Å². The number of anilines is 1. The van der Waals surface area contributed by atoms with Gasteiger partial charge in [0.1, 0.15) is 28.8 Å². The summed E-state index contributed by atoms with van der Waals surface area (Å²) in [5, 5.41) is 2.95. The Labute approximate surface area is 203 Å². The molecule has 0 spiro atoms. The minimum absolute atomic E-state index is 0.229. The molecule has 1 aliphatic heterocycles. The molecule has 1 saturated heterocycles. The van der Waals surface area contributed by atoms with Crippen molar-refractivity contribution >= 4 is 22.8 Å². The lowest BCUT2D eigenvalue weighted by molar-refractivity contribution is 0.198. The zero-order chi connectivity index (χ0) is 24.4. The maximum absolute atomic E-state index is 13.2. The first-order valence-electron chi connectivity index (χ1n) is 11.4. The monoisotopic (exact) mass is 473 g/mol. The van der Waals surface area contributed by atoms with E-state index in [0.29, 0.717) is 35.2 Å². The highest BCUT2D eigenvalue weighted by Gasteiger charge is 2.34. The van der Waals surface area contributed by atoms with Crippen molar-refractivity contribution in [3.63, 3.8) is 0 Å². The number of aromatic nitrogens is 1. The number of rotatable bonds is 6. The first-order chi connectivity index (χ1) is 17.1. The maximum Gasteiger partial charge on any atom is 0.322 e. The number of benzene rings is 3. The average Bonchev–Trinajstić information content (AvgIpc) is 3.55. The number of hydrogen-bond donors (Lipinski definition) is 1. The van der Waals surface area contributed by atoms with Crippen LogP contribution in [0, 0.1) is 0 Å². The Morgan fingerprint density at radius 2 is 1.83 bits per heavy atom. The third-order valence-electron chi connectivity index (χ3n) is 6.27. The highest BCUT2D eigenvalue weighted by atomic mass is 16.5. The largest absolute Gasteiger partial charge is 0.497 e. The van der Waals surface area contributed by atoms with Gasteiger partial charge < -0.3 is 28.8 Å². The van der Waals surface area contributed by atoms with Crippen LogP contribution in [0.2, 0.25) is 0 Å². The quantitative estimate of drug-likeness (QED) is 0.376. The summed E-state index contributed by atoms with van der Waals surface area (Å²) in [5.41, 5.74) is 3.97. The molecule has 1 aromatic heterocycles. The van der Waals surface area contributed by atoms with Crippen molar-refractivity contribution < 1.29 is 23.4 Å². The van der Waals surface area contributed by atoms with E-state index in [1.165, 1.54) is 0 Å². The zero-order valence-corrected chi connectivity index (χ0v) is 19.9. The molecule has 180 valence electrons. The van der Waals surface area contributed by atoms with Crippen LogP contribution in [0.3, 0.4) is 0 Å². The van der Waals surface area contributed by atoms with Gasteiger partial charge in [-0.15, -0.1) is 0 Å². The third kappa shape index (κ3) is 4.35. The molecule has 1 aliphatic rings. The number of fused-ring (bicyclic) bond motifs is 1. The Hall–Kier alpha value is -4.20. The van der Waals surface area contributed by atoms with Gasteiger partial charge in [0.05, 0.1) is 27.0 Å². The van der Waals surface area contributed by atoms with Gasteiger partial charge in [0, 0.05) is 18.2 Å². The van der Waals surface area contributed by atoms with Crippen LogP contribution < -0.4 is 19.5 Å². The molecule has 0 unspecified atom stereocenters. The summed E-state index contributed by atoms with van der Waals surface area (Å²) in [6.45, 7) is 0.611. The van der Waals surface area contributed by atoms with Crippen molar-refractivity contribution in [1.82, 2.24) is 9.88 Å². The van der Waals surface area contributed by atoms with Crippen LogP contribution in [0.4, 0.5) is 10.5 Å². The number of carbonyl (C=O) groups excluding carboxylic acids is 1. The lowest BCUT2D eigenvalue weighted by atomic mass is 10.0. The predicted molar refractivity (Wildman–Crippen MR) is 133 cm³/mol. The highest BCUT2D eigenvalue weighted by Crippen LogP contribution is 2.37. The normalized spacial score (nSPS) is 15.3. The molecule has 5 rings (SSSR count). The van der Waals surface area contributed by atoms with Gasteiger partial charge in [-0.25, -0.2) is 9.78 Å². The molecular formula is C27H27N3O5. The third-order valence-corrected chi connectivity index (χ3v) is 6.27. The van der Waals surface area contributed by atoms with Gasteiger partial charge in [-0.2, -0.15) is 0 Å². The van der Waals surface area contributed by atoms with E-state index in [-0.39, 0.29) is 12.1 Å². The van der Waals surface area contributed by atoms with Crippen LogP contribution in [0.5, 0.6) is 17.2 Å². The van der Waals surface area contributed by atoms with Gasteiger partial charge in [-0.3, -0.25) is 0 Å². The van der Waals surface area contributed by atoms with E-state index < -0.39 is 0 Å². The number of urea groups is 1. The SMILES string of the molecule is COc1ccc(NC(=O)N2CCC[C@@H]2c2nc3cc(-c4ccccc4OC)ccc3o2)c(OC)c1. The molecule has 8 nitrogen and oxygen atoms in total. The number of carbonyl (C=O) groups is 1. The van der Waals surface area contributed by atoms with Crippen molar-refractivity contribution in [2.24, 2.45) is 0 Å². The second-order valence-corrected chi connectivity index (χ2v) is 8.28. The fourth-order valence-corrected chi connectivity index (χ4v) is 4.49. The summed E-state index contributed by atoms with van der Waals surface area (Å²) >= 11 is 0. The Morgan fingerprint density at radius 3 is 2.63 bits per heavy atom. The second kappa shape index (κ2) is 9.58. The molecular weight excluding hydrogens is 446 g/mol. The molecule has 2 heterocycles. The number of nitrogens with zero attached hydrogens (tertiary/aromatic N) is 2. The summed E-state index contributed by atoms with van der Waals surface area (Å²) in [6.07, 6.45) is 1.64. The first-order valence-corrected chi connectivity index (χ1v) is 11.4. The van der Waals surface area contributed by atoms with Crippen LogP contribution in [-0.2, 0) is 0 Å². The summed E-state index contributed by atoms with van der Waals surface area (Å²) in [7, 11) is 4.80. The molecule has 0 aliphatic carbocycles. The number of methoxy groups -OCH3 is 3. The number of amides is 2. The summed E-state index contributed by atoms with van der Waals surface area (Å²) in [5.74, 6) is 2.51. The minimum Gasteiger partial charge on any atom is -0.497 e. The average molecular weight is 474 g/mol. The van der Waals surface area contributed by atoms with E-state index >= 15 is 0 Å². The number of oxazole rings is 1. The summed E-state index contributed by atoms with van der Waals surface area (Å²) in [4.78, 5) is 19.7. The fraction of sp³-hybridized carbons (Fsp3) is 0.259. The van der Waals surface area contributed by atoms with Gasteiger partial charge in [0.25, 0.3) is 0 Å². The predicted octanol–water partition coefficient (Wildman–Crippen LogP) is 5.89. The van der Waals surface area contributed by atoms with Gasteiger partial charge in [0.2, 0.25) is 5.89 Å². The fourth-order valence-electron chi connectivity index (χ4n) is 4.49. The second-order valence-electron chi connectivity index (χ2n) is 8.28. The van der Waals surface area contributed by atoms with E-state index in [1.807, 2.05) is 42.5 Å². The van der Waals surface area contributed by atoms with Gasteiger partial charge >= 0.3 is 6.03 Å². The van der Waals surface area contributed by atoms with Gasteiger partial charge in [0.15, 0.2) is 5.58 Å². The Morgan fingerprint density at radius 1 is 1.00 bits per heavy atom. The summed E-state index contributed by atoms with van der Waals surface area (Å²) in [6, 6.07) is 18.5. The minimum atomic E-state index is -0.249. The lowest BCUT2D eigenvalue weighted by Crippen LogP contribution is -2.34. The van der Waals surface area contributed by atoms with Gasteiger partial charge in [-0.05, 0) is 48.7 Å². The molecule has 8 heteroatoms. The molecule has 0 saturated carbocycles. The van der Waals surface area contributed by atoms with E-state index in [0.717, 1.165) is 35.2 Å². The zero-order valence-electron chi connectivity index (χ0n) is 19.9. The molecule has 0 bridgehead atoms. The van der Waals surface area contributed by atoms with E-state index in [1.54, 1.807) is 44.4 Å². The smallest absolute Gasteiger partial charge is 0.322 e. The number of likely N-dealkylation sites (tertiary alicyclic amines) is 1. The molecule has 1 fully saturated rings. The number of ether oxygens (including phenoxy) is 3. The van der Waals surface area contributed by atoms with Crippen molar-refractivity contribution in [3.05, 3.63) is 66.6 Å². The van der Waals surface area contributed by atoms with Crippen molar-refractivity contribution in [2.75, 3.05) is 33.2 Å². The van der Waals surface area contributed by atoms with Crippen LogP contribution >= 0.6 is 0 Å². The topological polar surface area (TPSA) is 86.1 Å². The molecule has 4 aromatic rings. The highest BCUT2D eigenvalue weighted by molar-refractivity contribution is 5.91. The Bertz CT molecular complexity index is 1370. The molecule has 1 N–H and O–H groups in total. The number of hydrogen-bond acceptors (Lipinski definition) is 6. The standard InChI is InChI=1S/C27H27N3O5/c1-32-18-11-12-20(25(16-18)34-3)29-27(31)30-14-6-8-22(30)26-28-21-15-17(10-13-24(21)35-26)19-7-4-5-9-23(19)33-2/h4-5,7,9-13,15-16,22H,6,8,14H2,1-3H3,(H,29,31)/t22-/m1/s1. The van der Waals surface area contributed by atoms with Crippen LogP contribution in [0.25, 0.3) is 22.2 Å². The molecule has 1 atom stereocenters. The Balaban J connectivity index is 1.40. The number of para-hydroxylation sites is 1. The van der Waals surface area contributed by atoms with Crippen molar-refractivity contribution in [1.29, 1.82) is 0 Å². The number of nitrogens with one attached hydrogen (secondary N) is 1. The molecule has 2 amide bonds. The molecule has 0 radical (unpaired) electrons. The van der Waals surface area contributed by atoms with Crippen LogP contribution in [-0.4, -0.2) is 43.8 Å². The van der Waals surface area contributed by atoms with Crippen LogP contribution in [0.1, 0.15) is 24.8 Å². The lowest BCUT2D eigenvalue weighted by Gasteiger charge is -2.23. The van der Waals surface area contributed by atoms with E-state index in [2.05, 4.69) is 5.32 Å². The maximum atomic E-state index is 13.2. The summed E-state index contributed by atoms with van der Waals surface area (Å²) < 4.78 is 22.3. The van der Waals surface area contributed by atoms with Crippen molar-refractivity contribution in [2.45, 2.75) is 18.9 Å². The van der Waals surface area contributed by atoms with Gasteiger partial charge in [-0.1, -0.05) is 24.3 Å². The van der Waals surface area contributed by atoms with Crippen molar-refractivity contribution in [3.8, 4) is 28.4 Å². The molecule has 35 heavy (non-hydrogen) atoms. The molecule has 3 aromatic carbocycles. The van der Waals surface area contributed by atoms with E-state index in [9.17, 15) is 4.79 Å².